The van der Waals surface area contributed by atoms with Gasteiger partial charge in [0.25, 0.3) is 0 Å². The predicted molar refractivity (Wildman–Crippen MR) is 74.4 cm³/mol. The minimum absolute atomic E-state index is 0.194. The summed E-state index contributed by atoms with van der Waals surface area (Å²) in [5, 5.41) is 0. The Kier molecular flexibility index (Phi) is 3.16. The highest BCUT2D eigenvalue weighted by Gasteiger charge is 2.22. The molecular formula is C13H17N3OS. The van der Waals surface area contributed by atoms with Gasteiger partial charge in [0.05, 0.1) is 5.69 Å². The zero-order valence-electron chi connectivity index (χ0n) is 10.6. The van der Waals surface area contributed by atoms with E-state index in [1.54, 1.807) is 16.7 Å². The average molecular weight is 263 g/mol. The molecule has 0 saturated carbocycles. The van der Waals surface area contributed by atoms with Crippen LogP contribution in [0.3, 0.4) is 0 Å². The van der Waals surface area contributed by atoms with Gasteiger partial charge in [-0.15, -0.1) is 11.8 Å². The zero-order chi connectivity index (χ0) is 12.5. The summed E-state index contributed by atoms with van der Waals surface area (Å²) in [6, 6.07) is 2.07. The molecule has 0 unspecified atom stereocenters. The van der Waals surface area contributed by atoms with E-state index in [-0.39, 0.29) is 5.91 Å². The molecule has 4 nitrogen and oxygen atoms in total. The van der Waals surface area contributed by atoms with Gasteiger partial charge in [-0.05, 0) is 12.8 Å². The fourth-order valence-electron chi connectivity index (χ4n) is 2.46. The van der Waals surface area contributed by atoms with Crippen molar-refractivity contribution in [3.05, 3.63) is 12.3 Å². The molecule has 0 aliphatic carbocycles. The first kappa shape index (κ1) is 11.8. The van der Waals surface area contributed by atoms with Crippen molar-refractivity contribution in [3.63, 3.8) is 0 Å². The molecule has 0 atom stereocenters. The summed E-state index contributed by atoms with van der Waals surface area (Å²) in [6.45, 7) is 2.16. The monoisotopic (exact) mass is 263 g/mol. The quantitative estimate of drug-likeness (QED) is 0.778. The minimum atomic E-state index is 0.194. The van der Waals surface area contributed by atoms with Crippen molar-refractivity contribution in [1.29, 1.82) is 0 Å². The van der Waals surface area contributed by atoms with Crippen molar-refractivity contribution >= 4 is 29.2 Å². The van der Waals surface area contributed by atoms with Crippen LogP contribution in [0.1, 0.15) is 19.3 Å². The van der Waals surface area contributed by atoms with Gasteiger partial charge >= 0.3 is 0 Å². The second kappa shape index (κ2) is 4.80. The maximum Gasteiger partial charge on any atom is 0.227 e. The lowest BCUT2D eigenvalue weighted by molar-refractivity contribution is -0.117. The van der Waals surface area contributed by atoms with Gasteiger partial charge < -0.3 is 9.80 Å². The number of hydrogen-bond acceptors (Lipinski definition) is 4. The molecule has 2 aliphatic heterocycles. The standard InChI is InChI=1S/C13H17N3OS/c1-15-10-8-12(16-5-2-3-6-16)14-9-11(10)18-7-4-13(15)17/h8-9H,2-7H2,1H3. The molecule has 1 amide bonds. The maximum atomic E-state index is 11.9. The Labute approximate surface area is 111 Å². The van der Waals surface area contributed by atoms with E-state index < -0.39 is 0 Å². The summed E-state index contributed by atoms with van der Waals surface area (Å²) in [4.78, 5) is 21.6. The van der Waals surface area contributed by atoms with E-state index >= 15 is 0 Å². The third-order valence-corrected chi connectivity index (χ3v) is 4.61. The van der Waals surface area contributed by atoms with Gasteiger partial charge in [-0.25, -0.2) is 4.98 Å². The van der Waals surface area contributed by atoms with Gasteiger partial charge in [0.2, 0.25) is 5.91 Å². The normalized spacial score (nSPS) is 19.9. The summed E-state index contributed by atoms with van der Waals surface area (Å²) in [7, 11) is 1.86. The van der Waals surface area contributed by atoms with Crippen LogP contribution in [0.4, 0.5) is 11.5 Å². The second-order valence-corrected chi connectivity index (χ2v) is 5.89. The van der Waals surface area contributed by atoms with Gasteiger partial charge in [0.15, 0.2) is 0 Å². The molecule has 0 aromatic carbocycles. The van der Waals surface area contributed by atoms with E-state index in [0.29, 0.717) is 6.42 Å². The summed E-state index contributed by atoms with van der Waals surface area (Å²) in [6.07, 6.45) is 5.00. The number of thioether (sulfide) groups is 1. The van der Waals surface area contributed by atoms with E-state index in [2.05, 4.69) is 16.0 Å². The SMILES string of the molecule is CN1C(=O)CCSc2cnc(N3CCCC3)cc21. The molecule has 0 N–H and O–H groups in total. The minimum Gasteiger partial charge on any atom is -0.357 e. The molecule has 0 radical (unpaired) electrons. The Hall–Kier alpha value is -1.23. The number of hydrogen-bond donors (Lipinski definition) is 0. The van der Waals surface area contributed by atoms with Crippen LogP contribution >= 0.6 is 11.8 Å². The van der Waals surface area contributed by atoms with Gasteiger partial charge in [-0.1, -0.05) is 0 Å². The van der Waals surface area contributed by atoms with Crippen LogP contribution in [-0.4, -0.2) is 36.8 Å². The first-order valence-electron chi connectivity index (χ1n) is 6.40. The molecule has 3 heterocycles. The lowest BCUT2D eigenvalue weighted by atomic mass is 10.3. The molecule has 96 valence electrons. The topological polar surface area (TPSA) is 36.4 Å². The molecule has 5 heteroatoms. The molecule has 1 saturated heterocycles. The number of rotatable bonds is 1. The summed E-state index contributed by atoms with van der Waals surface area (Å²) in [5.74, 6) is 2.05. The molecule has 3 rings (SSSR count). The van der Waals surface area contributed by atoms with Crippen molar-refractivity contribution in [3.8, 4) is 0 Å². The first-order chi connectivity index (χ1) is 8.75. The second-order valence-electron chi connectivity index (χ2n) is 4.76. The predicted octanol–water partition coefficient (Wildman–Crippen LogP) is 2.14. The fraction of sp³-hybridized carbons (Fsp3) is 0.538. The molecule has 1 fully saturated rings. The van der Waals surface area contributed by atoms with E-state index in [0.717, 1.165) is 35.2 Å². The van der Waals surface area contributed by atoms with Crippen molar-refractivity contribution < 1.29 is 4.79 Å². The number of nitrogens with zero attached hydrogens (tertiary/aromatic N) is 3. The summed E-state index contributed by atoms with van der Waals surface area (Å²) >= 11 is 1.72. The maximum absolute atomic E-state index is 11.9. The number of amides is 1. The smallest absolute Gasteiger partial charge is 0.227 e. The van der Waals surface area contributed by atoms with Crippen molar-refractivity contribution in [2.75, 3.05) is 35.7 Å². The fourth-order valence-corrected chi connectivity index (χ4v) is 3.43. The Bertz CT molecular complexity index is 471. The van der Waals surface area contributed by atoms with Crippen LogP contribution in [0, 0.1) is 0 Å². The number of carbonyl (C=O) groups excluding carboxylic acids is 1. The third-order valence-electron chi connectivity index (χ3n) is 3.57. The zero-order valence-corrected chi connectivity index (χ0v) is 11.4. The number of anilines is 2. The van der Waals surface area contributed by atoms with Gasteiger partial charge in [0, 0.05) is 49.5 Å². The number of fused-ring (bicyclic) bond motifs is 1. The lowest BCUT2D eigenvalue weighted by Crippen LogP contribution is -2.26. The largest absolute Gasteiger partial charge is 0.357 e. The highest BCUT2D eigenvalue weighted by atomic mass is 32.2. The summed E-state index contributed by atoms with van der Waals surface area (Å²) < 4.78 is 0. The molecule has 18 heavy (non-hydrogen) atoms. The van der Waals surface area contributed by atoms with Crippen LogP contribution < -0.4 is 9.80 Å². The molecular weight excluding hydrogens is 246 g/mol. The van der Waals surface area contributed by atoms with Gasteiger partial charge in [0.1, 0.15) is 5.82 Å². The molecule has 0 bridgehead atoms. The van der Waals surface area contributed by atoms with Crippen LogP contribution in [0.5, 0.6) is 0 Å². The molecule has 1 aromatic rings. The Morgan fingerprint density at radius 1 is 1.33 bits per heavy atom. The van der Waals surface area contributed by atoms with Gasteiger partial charge in [-0.2, -0.15) is 0 Å². The highest BCUT2D eigenvalue weighted by Crippen LogP contribution is 2.35. The number of carbonyl (C=O) groups is 1. The molecule has 2 aliphatic rings. The van der Waals surface area contributed by atoms with Crippen LogP contribution in [0.2, 0.25) is 0 Å². The average Bonchev–Trinajstić information content (AvgIpc) is 2.87. The van der Waals surface area contributed by atoms with Crippen molar-refractivity contribution in [2.24, 2.45) is 0 Å². The first-order valence-corrected chi connectivity index (χ1v) is 7.38. The lowest BCUT2D eigenvalue weighted by Gasteiger charge is -2.21. The van der Waals surface area contributed by atoms with E-state index in [9.17, 15) is 4.79 Å². The molecule has 1 aromatic heterocycles. The number of pyridine rings is 1. The van der Waals surface area contributed by atoms with E-state index in [1.807, 2.05) is 13.2 Å². The van der Waals surface area contributed by atoms with E-state index in [4.69, 9.17) is 0 Å². The third kappa shape index (κ3) is 2.07. The van der Waals surface area contributed by atoms with Crippen molar-refractivity contribution in [1.82, 2.24) is 4.98 Å². The van der Waals surface area contributed by atoms with Crippen molar-refractivity contribution in [2.45, 2.75) is 24.2 Å². The Balaban J connectivity index is 1.97. The Morgan fingerprint density at radius 3 is 2.89 bits per heavy atom. The summed E-state index contributed by atoms with van der Waals surface area (Å²) in [5.41, 5.74) is 1.01. The number of aromatic nitrogens is 1. The molecule has 0 spiro atoms. The van der Waals surface area contributed by atoms with Crippen LogP contribution in [0.25, 0.3) is 0 Å². The van der Waals surface area contributed by atoms with Gasteiger partial charge in [-0.3, -0.25) is 4.79 Å². The highest BCUT2D eigenvalue weighted by molar-refractivity contribution is 7.99. The van der Waals surface area contributed by atoms with Crippen LogP contribution in [-0.2, 0) is 4.79 Å². The van der Waals surface area contributed by atoms with E-state index in [1.165, 1.54) is 12.8 Å². The van der Waals surface area contributed by atoms with Crippen LogP contribution in [0.15, 0.2) is 17.2 Å². The Morgan fingerprint density at radius 2 is 2.11 bits per heavy atom.